The summed E-state index contributed by atoms with van der Waals surface area (Å²) in [5.74, 6) is -0.379. The summed E-state index contributed by atoms with van der Waals surface area (Å²) in [5, 5.41) is 5.58. The highest BCUT2D eigenvalue weighted by Gasteiger charge is 2.32. The third-order valence-corrected chi connectivity index (χ3v) is 5.25. The maximum atomic E-state index is 12.5. The number of pyridine rings is 1. The third kappa shape index (κ3) is 4.23. The molecule has 0 saturated carbocycles. The fourth-order valence-electron chi connectivity index (χ4n) is 3.80. The van der Waals surface area contributed by atoms with Gasteiger partial charge in [-0.3, -0.25) is 9.67 Å². The molecule has 2 aromatic heterocycles. The van der Waals surface area contributed by atoms with Crippen LogP contribution in [0.25, 0.3) is 22.2 Å². The minimum absolute atomic E-state index is 0.0299. The van der Waals surface area contributed by atoms with Gasteiger partial charge in [-0.05, 0) is 45.4 Å². The van der Waals surface area contributed by atoms with E-state index in [9.17, 15) is 9.59 Å². The van der Waals surface area contributed by atoms with Crippen molar-refractivity contribution in [2.45, 2.75) is 38.8 Å². The Hall–Kier alpha value is -3.42. The molecule has 1 aliphatic heterocycles. The first-order chi connectivity index (χ1) is 14.8. The Bertz CT molecular complexity index is 1110. The molecular formula is C23H26N4O4. The lowest BCUT2D eigenvalue weighted by Crippen LogP contribution is -2.35. The number of likely N-dealkylation sites (tertiary alicyclic amines) is 1. The van der Waals surface area contributed by atoms with Crippen molar-refractivity contribution in [2.24, 2.45) is 0 Å². The number of methoxy groups -OCH3 is 1. The fraction of sp³-hybridized carbons (Fsp3) is 0.391. The highest BCUT2D eigenvalue weighted by atomic mass is 16.6. The molecule has 0 spiro atoms. The first-order valence-electron chi connectivity index (χ1n) is 10.3. The van der Waals surface area contributed by atoms with Gasteiger partial charge in [0.25, 0.3) is 0 Å². The van der Waals surface area contributed by atoms with Crippen LogP contribution in [0, 0.1) is 0 Å². The number of benzene rings is 1. The molecule has 3 aromatic rings. The van der Waals surface area contributed by atoms with E-state index < -0.39 is 5.60 Å². The second-order valence-corrected chi connectivity index (χ2v) is 8.62. The number of carbonyl (C=O) groups excluding carboxylic acids is 2. The molecular weight excluding hydrogens is 396 g/mol. The van der Waals surface area contributed by atoms with Gasteiger partial charge in [-0.15, -0.1) is 0 Å². The molecule has 1 fully saturated rings. The second kappa shape index (κ2) is 8.02. The van der Waals surface area contributed by atoms with E-state index in [1.165, 1.54) is 7.11 Å². The summed E-state index contributed by atoms with van der Waals surface area (Å²) in [5.41, 5.74) is 2.52. The Morgan fingerprint density at radius 2 is 1.87 bits per heavy atom. The van der Waals surface area contributed by atoms with Gasteiger partial charge in [0.05, 0.1) is 36.1 Å². The Morgan fingerprint density at radius 3 is 2.55 bits per heavy atom. The van der Waals surface area contributed by atoms with E-state index in [4.69, 9.17) is 9.47 Å². The van der Waals surface area contributed by atoms with Gasteiger partial charge in [-0.1, -0.05) is 12.1 Å². The number of amides is 1. The number of hydrogen-bond acceptors (Lipinski definition) is 6. The van der Waals surface area contributed by atoms with Gasteiger partial charge in [0.2, 0.25) is 0 Å². The molecule has 1 atom stereocenters. The van der Waals surface area contributed by atoms with E-state index >= 15 is 0 Å². The number of fused-ring (bicyclic) bond motifs is 1. The Kier molecular flexibility index (Phi) is 5.39. The first-order valence-corrected chi connectivity index (χ1v) is 10.3. The number of ether oxygens (including phenoxy) is 2. The van der Waals surface area contributed by atoms with Gasteiger partial charge in [-0.2, -0.15) is 5.10 Å². The Morgan fingerprint density at radius 1 is 1.13 bits per heavy atom. The van der Waals surface area contributed by atoms with Crippen molar-refractivity contribution >= 4 is 23.0 Å². The quantitative estimate of drug-likeness (QED) is 0.592. The lowest BCUT2D eigenvalue weighted by molar-refractivity contribution is 0.0288. The zero-order valence-electron chi connectivity index (χ0n) is 18.2. The first kappa shape index (κ1) is 20.8. The van der Waals surface area contributed by atoms with Crippen LogP contribution in [0.15, 0.2) is 42.7 Å². The Balaban J connectivity index is 1.64. The van der Waals surface area contributed by atoms with Crippen LogP contribution >= 0.6 is 0 Å². The standard InChI is InChI=1S/C23H26N4O4/c1-23(2,3)31-22(29)26-12-10-18(14-26)27-20-17(13-25-27)9-11-24-19(20)15-5-7-16(8-6-15)21(28)30-4/h5-9,11,13,18H,10,12,14H2,1-4H3. The highest BCUT2D eigenvalue weighted by molar-refractivity contribution is 5.93. The number of carbonyl (C=O) groups is 2. The molecule has 1 saturated heterocycles. The summed E-state index contributed by atoms with van der Waals surface area (Å²) in [6.07, 6.45) is 4.05. The number of rotatable bonds is 3. The average molecular weight is 422 g/mol. The van der Waals surface area contributed by atoms with Crippen LogP contribution in [0.5, 0.6) is 0 Å². The lowest BCUT2D eigenvalue weighted by Gasteiger charge is -2.24. The van der Waals surface area contributed by atoms with Gasteiger partial charge >= 0.3 is 12.1 Å². The summed E-state index contributed by atoms with van der Waals surface area (Å²) in [7, 11) is 1.36. The van der Waals surface area contributed by atoms with E-state index in [0.29, 0.717) is 18.7 Å². The molecule has 1 unspecified atom stereocenters. The number of nitrogens with zero attached hydrogens (tertiary/aromatic N) is 4. The summed E-state index contributed by atoms with van der Waals surface area (Å²) < 4.78 is 12.2. The number of hydrogen-bond donors (Lipinski definition) is 0. The normalized spacial score (nSPS) is 16.5. The zero-order valence-corrected chi connectivity index (χ0v) is 18.2. The molecule has 8 heteroatoms. The van der Waals surface area contributed by atoms with Crippen LogP contribution in [-0.4, -0.2) is 57.5 Å². The lowest BCUT2D eigenvalue weighted by atomic mass is 10.1. The van der Waals surface area contributed by atoms with Crippen LogP contribution in [0.2, 0.25) is 0 Å². The van der Waals surface area contributed by atoms with Gasteiger partial charge in [0.15, 0.2) is 0 Å². The summed E-state index contributed by atoms with van der Waals surface area (Å²) in [4.78, 5) is 30.5. The molecule has 1 amide bonds. The molecule has 0 N–H and O–H groups in total. The topological polar surface area (TPSA) is 86.5 Å². The van der Waals surface area contributed by atoms with Crippen LogP contribution < -0.4 is 0 Å². The van der Waals surface area contributed by atoms with Crippen molar-refractivity contribution in [1.82, 2.24) is 19.7 Å². The molecule has 31 heavy (non-hydrogen) atoms. The van der Waals surface area contributed by atoms with Crippen molar-refractivity contribution in [3.8, 4) is 11.3 Å². The summed E-state index contributed by atoms with van der Waals surface area (Å²) >= 11 is 0. The smallest absolute Gasteiger partial charge is 0.410 e. The van der Waals surface area contributed by atoms with Crippen LogP contribution in [0.4, 0.5) is 4.79 Å². The van der Waals surface area contributed by atoms with Crippen molar-refractivity contribution < 1.29 is 19.1 Å². The highest BCUT2D eigenvalue weighted by Crippen LogP contribution is 2.32. The van der Waals surface area contributed by atoms with Crippen LogP contribution in [0.3, 0.4) is 0 Å². The molecule has 3 heterocycles. The summed E-state index contributed by atoms with van der Waals surface area (Å²) in [6, 6.07) is 9.11. The van der Waals surface area contributed by atoms with Crippen molar-refractivity contribution in [2.75, 3.05) is 20.2 Å². The van der Waals surface area contributed by atoms with E-state index in [-0.39, 0.29) is 18.1 Å². The van der Waals surface area contributed by atoms with Crippen LogP contribution in [-0.2, 0) is 9.47 Å². The van der Waals surface area contributed by atoms with Gasteiger partial charge in [-0.25, -0.2) is 9.59 Å². The Labute approximate surface area is 180 Å². The van der Waals surface area contributed by atoms with E-state index in [1.807, 2.05) is 49.8 Å². The average Bonchev–Trinajstić information content (AvgIpc) is 3.39. The number of aromatic nitrogens is 3. The minimum Gasteiger partial charge on any atom is -0.465 e. The molecule has 1 aromatic carbocycles. The molecule has 8 nitrogen and oxygen atoms in total. The third-order valence-electron chi connectivity index (χ3n) is 5.25. The SMILES string of the molecule is COC(=O)c1ccc(-c2nccc3cnn(C4CCN(C(=O)OC(C)(C)C)C4)c23)cc1. The molecule has 4 rings (SSSR count). The van der Waals surface area contributed by atoms with Gasteiger partial charge < -0.3 is 14.4 Å². The predicted molar refractivity (Wildman–Crippen MR) is 116 cm³/mol. The van der Waals surface area contributed by atoms with E-state index in [1.54, 1.807) is 23.2 Å². The molecule has 0 aliphatic carbocycles. The molecule has 162 valence electrons. The molecule has 0 radical (unpaired) electrons. The molecule has 1 aliphatic rings. The number of esters is 1. The zero-order chi connectivity index (χ0) is 22.2. The maximum absolute atomic E-state index is 12.5. The molecule has 0 bridgehead atoms. The largest absolute Gasteiger partial charge is 0.465 e. The van der Waals surface area contributed by atoms with E-state index in [2.05, 4.69) is 10.1 Å². The second-order valence-electron chi connectivity index (χ2n) is 8.62. The predicted octanol–water partition coefficient (Wildman–Crippen LogP) is 4.07. The van der Waals surface area contributed by atoms with Gasteiger partial charge in [0, 0.05) is 30.2 Å². The van der Waals surface area contributed by atoms with Crippen molar-refractivity contribution in [3.63, 3.8) is 0 Å². The van der Waals surface area contributed by atoms with Gasteiger partial charge in [0.1, 0.15) is 5.60 Å². The van der Waals surface area contributed by atoms with Crippen LogP contribution in [0.1, 0.15) is 43.6 Å². The fourth-order valence-corrected chi connectivity index (χ4v) is 3.80. The summed E-state index contributed by atoms with van der Waals surface area (Å²) in [6.45, 7) is 6.74. The van der Waals surface area contributed by atoms with Crippen molar-refractivity contribution in [3.05, 3.63) is 48.3 Å². The monoisotopic (exact) mass is 422 g/mol. The van der Waals surface area contributed by atoms with E-state index in [0.717, 1.165) is 28.6 Å². The van der Waals surface area contributed by atoms with Crippen molar-refractivity contribution in [1.29, 1.82) is 0 Å². The minimum atomic E-state index is -0.527. The maximum Gasteiger partial charge on any atom is 0.410 e.